The van der Waals surface area contributed by atoms with Crippen LogP contribution in [0.15, 0.2) is 42.5 Å². The van der Waals surface area contributed by atoms with Gasteiger partial charge in [-0.3, -0.25) is 9.52 Å². The van der Waals surface area contributed by atoms with Gasteiger partial charge >= 0.3 is 0 Å². The lowest BCUT2D eigenvalue weighted by Gasteiger charge is -2.17. The Labute approximate surface area is 153 Å². The second-order valence-corrected chi connectivity index (χ2v) is 8.14. The molecule has 0 saturated heterocycles. The summed E-state index contributed by atoms with van der Waals surface area (Å²) in [6, 6.07) is 12.7. The number of aryl methyl sites for hydroxylation is 1. The predicted octanol–water partition coefficient (Wildman–Crippen LogP) is 2.47. The molecule has 0 aliphatic carbocycles. The number of rotatable bonds is 6. The van der Waals surface area contributed by atoms with Crippen LogP contribution in [0.5, 0.6) is 0 Å². The molecule has 0 saturated carbocycles. The van der Waals surface area contributed by atoms with Gasteiger partial charge in [0.05, 0.1) is 5.75 Å². The number of carbonyl (C=O) groups excluding carboxylic acids is 1. The first-order valence-electron chi connectivity index (χ1n) is 8.36. The zero-order valence-electron chi connectivity index (χ0n) is 14.9. The van der Waals surface area contributed by atoms with Gasteiger partial charge in [-0.15, -0.1) is 0 Å². The number of hydrogen-bond acceptors (Lipinski definition) is 4. The maximum Gasteiger partial charge on any atom is 0.252 e. The van der Waals surface area contributed by atoms with E-state index in [1.54, 1.807) is 23.1 Å². The summed E-state index contributed by atoms with van der Waals surface area (Å²) in [5, 5.41) is 0. The second kappa shape index (κ2) is 7.47. The van der Waals surface area contributed by atoms with Gasteiger partial charge in [-0.2, -0.15) is 0 Å². The molecule has 1 N–H and O–H groups in total. The average Bonchev–Trinajstić information content (AvgIpc) is 3.00. The summed E-state index contributed by atoms with van der Waals surface area (Å²) >= 11 is 0. The van der Waals surface area contributed by atoms with E-state index in [2.05, 4.69) is 4.72 Å². The Balaban J connectivity index is 1.73. The molecule has 0 fully saturated rings. The summed E-state index contributed by atoms with van der Waals surface area (Å²) < 4.78 is 32.4. The Morgan fingerprint density at radius 3 is 2.62 bits per heavy atom. The van der Waals surface area contributed by atoms with Crippen LogP contribution in [0.4, 0.5) is 11.4 Å². The van der Waals surface area contributed by atoms with Gasteiger partial charge in [-0.1, -0.05) is 29.8 Å². The molecule has 26 heavy (non-hydrogen) atoms. The number of nitrogens with one attached hydrogen (secondary N) is 1. The van der Waals surface area contributed by atoms with Crippen molar-refractivity contribution in [3.05, 3.63) is 59.2 Å². The first kappa shape index (κ1) is 18.4. The van der Waals surface area contributed by atoms with Crippen molar-refractivity contribution >= 4 is 27.3 Å². The van der Waals surface area contributed by atoms with Crippen LogP contribution in [0.1, 0.15) is 16.7 Å². The summed E-state index contributed by atoms with van der Waals surface area (Å²) in [5.41, 5.74) is 4.10. The maximum atomic E-state index is 12.4. The van der Waals surface area contributed by atoms with Gasteiger partial charge in [-0.25, -0.2) is 8.42 Å². The summed E-state index contributed by atoms with van der Waals surface area (Å²) in [6.45, 7) is 2.57. The maximum absolute atomic E-state index is 12.4. The smallest absolute Gasteiger partial charge is 0.252 e. The summed E-state index contributed by atoms with van der Waals surface area (Å²) in [6.07, 6.45) is 0.693. The predicted molar refractivity (Wildman–Crippen MR) is 102 cm³/mol. The highest BCUT2D eigenvalue weighted by molar-refractivity contribution is 7.91. The molecule has 7 heteroatoms. The molecule has 0 radical (unpaired) electrons. The molecule has 6 nitrogen and oxygen atoms in total. The van der Waals surface area contributed by atoms with Crippen molar-refractivity contribution in [2.75, 3.05) is 29.9 Å². The molecule has 0 spiro atoms. The molecule has 2 aromatic rings. The third kappa shape index (κ3) is 4.23. The number of benzene rings is 2. The van der Waals surface area contributed by atoms with Gasteiger partial charge in [0.15, 0.2) is 0 Å². The van der Waals surface area contributed by atoms with E-state index in [4.69, 9.17) is 4.74 Å². The highest BCUT2D eigenvalue weighted by Crippen LogP contribution is 2.31. The van der Waals surface area contributed by atoms with Crippen LogP contribution in [0, 0.1) is 6.92 Å². The highest BCUT2D eigenvalue weighted by Gasteiger charge is 2.25. The van der Waals surface area contributed by atoms with Crippen molar-refractivity contribution in [3.8, 4) is 0 Å². The topological polar surface area (TPSA) is 75.7 Å². The minimum atomic E-state index is -3.51. The van der Waals surface area contributed by atoms with Gasteiger partial charge in [-0.05, 0) is 42.7 Å². The van der Waals surface area contributed by atoms with E-state index in [1.807, 2.05) is 31.2 Å². The van der Waals surface area contributed by atoms with Crippen LogP contribution in [0.3, 0.4) is 0 Å². The Bertz CT molecular complexity index is 908. The van der Waals surface area contributed by atoms with Crippen LogP contribution < -0.4 is 9.62 Å². The lowest BCUT2D eigenvalue weighted by molar-refractivity contribution is -0.122. The minimum Gasteiger partial charge on any atom is -0.375 e. The molecule has 0 bridgehead atoms. The molecule has 1 aliphatic rings. The average molecular weight is 374 g/mol. The van der Waals surface area contributed by atoms with Crippen LogP contribution in [0.25, 0.3) is 0 Å². The number of sulfonamides is 1. The number of carbonyl (C=O) groups is 1. The molecule has 0 unspecified atom stereocenters. The highest BCUT2D eigenvalue weighted by atomic mass is 32.2. The van der Waals surface area contributed by atoms with E-state index in [1.165, 1.54) is 7.11 Å². The van der Waals surface area contributed by atoms with Crippen molar-refractivity contribution in [1.82, 2.24) is 0 Å². The molecule has 1 aliphatic heterocycles. The van der Waals surface area contributed by atoms with Crippen LogP contribution in [-0.4, -0.2) is 34.6 Å². The van der Waals surface area contributed by atoms with Crippen LogP contribution in [-0.2, 0) is 31.7 Å². The number of hydrogen-bond donors (Lipinski definition) is 1. The number of nitrogens with zero attached hydrogens (tertiary/aromatic N) is 1. The summed E-state index contributed by atoms with van der Waals surface area (Å²) in [5.74, 6) is -0.179. The van der Waals surface area contributed by atoms with E-state index in [0.717, 1.165) is 22.4 Å². The number of amides is 1. The van der Waals surface area contributed by atoms with Crippen LogP contribution >= 0.6 is 0 Å². The van der Waals surface area contributed by atoms with Crippen molar-refractivity contribution < 1.29 is 17.9 Å². The molecule has 2 aromatic carbocycles. The molecule has 3 rings (SSSR count). The monoisotopic (exact) mass is 374 g/mol. The first-order chi connectivity index (χ1) is 12.4. The van der Waals surface area contributed by atoms with Crippen molar-refractivity contribution in [1.29, 1.82) is 0 Å². The molecule has 0 aromatic heterocycles. The van der Waals surface area contributed by atoms with Crippen molar-refractivity contribution in [2.24, 2.45) is 0 Å². The quantitative estimate of drug-likeness (QED) is 0.843. The first-order valence-corrected chi connectivity index (χ1v) is 10.0. The third-order valence-electron chi connectivity index (χ3n) is 4.29. The van der Waals surface area contributed by atoms with E-state index in [9.17, 15) is 13.2 Å². The molecule has 0 atom stereocenters. The fraction of sp³-hybridized carbons (Fsp3) is 0.316. The lowest BCUT2D eigenvalue weighted by atomic mass is 10.1. The number of ether oxygens (including phenoxy) is 1. The fourth-order valence-electron chi connectivity index (χ4n) is 3.05. The SMILES string of the molecule is COCC(=O)N1CCc2cc(NS(=O)(=O)Cc3ccc(C)cc3)ccc21. The zero-order valence-corrected chi connectivity index (χ0v) is 15.7. The van der Waals surface area contributed by atoms with Gasteiger partial charge < -0.3 is 9.64 Å². The summed E-state index contributed by atoms with van der Waals surface area (Å²) in [7, 11) is -2.02. The largest absolute Gasteiger partial charge is 0.375 e. The van der Waals surface area contributed by atoms with Gasteiger partial charge in [0.25, 0.3) is 5.91 Å². The van der Waals surface area contributed by atoms with Gasteiger partial charge in [0.1, 0.15) is 6.61 Å². The Hall–Kier alpha value is -2.38. The lowest BCUT2D eigenvalue weighted by Crippen LogP contribution is -2.31. The molecule has 138 valence electrons. The number of fused-ring (bicyclic) bond motifs is 1. The Morgan fingerprint density at radius 1 is 1.19 bits per heavy atom. The second-order valence-electron chi connectivity index (χ2n) is 6.42. The van der Waals surface area contributed by atoms with Crippen molar-refractivity contribution in [2.45, 2.75) is 19.1 Å². The Kier molecular flexibility index (Phi) is 5.29. The fourth-order valence-corrected chi connectivity index (χ4v) is 4.23. The molecule has 1 heterocycles. The number of methoxy groups -OCH3 is 1. The van der Waals surface area contributed by atoms with E-state index in [-0.39, 0.29) is 18.3 Å². The third-order valence-corrected chi connectivity index (χ3v) is 5.55. The van der Waals surface area contributed by atoms with E-state index >= 15 is 0 Å². The zero-order chi connectivity index (χ0) is 18.7. The van der Waals surface area contributed by atoms with Crippen LogP contribution in [0.2, 0.25) is 0 Å². The van der Waals surface area contributed by atoms with Crippen molar-refractivity contribution in [3.63, 3.8) is 0 Å². The van der Waals surface area contributed by atoms with E-state index in [0.29, 0.717) is 18.7 Å². The molecular formula is C19H22N2O4S. The van der Waals surface area contributed by atoms with Gasteiger partial charge in [0, 0.05) is 25.0 Å². The standard InChI is InChI=1S/C19H22N2O4S/c1-14-3-5-15(6-4-14)13-26(23,24)20-17-7-8-18-16(11-17)9-10-21(18)19(22)12-25-2/h3-8,11,20H,9-10,12-13H2,1-2H3. The van der Waals surface area contributed by atoms with E-state index < -0.39 is 10.0 Å². The number of anilines is 2. The normalized spacial score (nSPS) is 13.5. The van der Waals surface area contributed by atoms with Gasteiger partial charge in [0.2, 0.25) is 10.0 Å². The summed E-state index contributed by atoms with van der Waals surface area (Å²) in [4.78, 5) is 13.7. The molecule has 1 amide bonds. The Morgan fingerprint density at radius 2 is 1.92 bits per heavy atom. The molecular weight excluding hydrogens is 352 g/mol. The minimum absolute atomic E-state index is 0.0321.